The lowest BCUT2D eigenvalue weighted by molar-refractivity contribution is -0.762. The molecule has 1 heterocycles. The SMILES string of the molecule is C[NH2+]N1CCCC1=O.[Cl-]. The Morgan fingerprint density at radius 2 is 2.33 bits per heavy atom. The molecule has 2 N–H and O–H groups in total. The van der Waals surface area contributed by atoms with Crippen LogP contribution in [0.2, 0.25) is 0 Å². The van der Waals surface area contributed by atoms with Gasteiger partial charge >= 0.3 is 0 Å². The van der Waals surface area contributed by atoms with Crippen molar-refractivity contribution in [2.24, 2.45) is 0 Å². The molecule has 0 bridgehead atoms. The van der Waals surface area contributed by atoms with Crippen LogP contribution in [0.4, 0.5) is 0 Å². The number of nitrogens with zero attached hydrogens (tertiary/aromatic N) is 1. The molecule has 0 aliphatic carbocycles. The Bertz CT molecular complexity index is 107. The van der Waals surface area contributed by atoms with Gasteiger partial charge < -0.3 is 12.4 Å². The highest BCUT2D eigenvalue weighted by molar-refractivity contribution is 5.76. The van der Waals surface area contributed by atoms with Crippen molar-refractivity contribution in [1.82, 2.24) is 5.01 Å². The van der Waals surface area contributed by atoms with Crippen molar-refractivity contribution in [2.75, 3.05) is 13.6 Å². The molecule has 1 aliphatic rings. The summed E-state index contributed by atoms with van der Waals surface area (Å²) in [6.07, 6.45) is 1.77. The van der Waals surface area contributed by atoms with Crippen LogP contribution in [0.3, 0.4) is 0 Å². The zero-order valence-corrected chi connectivity index (χ0v) is 6.19. The van der Waals surface area contributed by atoms with Crippen LogP contribution >= 0.6 is 0 Å². The van der Waals surface area contributed by atoms with Gasteiger partial charge in [-0.05, 0) is 6.42 Å². The summed E-state index contributed by atoms with van der Waals surface area (Å²) in [6, 6.07) is 0. The lowest BCUT2D eigenvalue weighted by atomic mass is 10.4. The normalized spacial score (nSPS) is 17.9. The fourth-order valence-electron chi connectivity index (χ4n) is 0.942. The Labute approximate surface area is 60.8 Å². The molecule has 1 aliphatic heterocycles. The van der Waals surface area contributed by atoms with Crippen LogP contribution in [0.25, 0.3) is 0 Å². The summed E-state index contributed by atoms with van der Waals surface area (Å²) >= 11 is 0. The smallest absolute Gasteiger partial charge is 0.267 e. The molecule has 1 saturated heterocycles. The van der Waals surface area contributed by atoms with Crippen LogP contribution in [0.15, 0.2) is 0 Å². The number of hydrogen-bond donors (Lipinski definition) is 1. The van der Waals surface area contributed by atoms with E-state index in [2.05, 4.69) is 0 Å². The van der Waals surface area contributed by atoms with Crippen LogP contribution in [0, 0.1) is 0 Å². The van der Waals surface area contributed by atoms with Gasteiger partial charge in [-0.3, -0.25) is 4.79 Å². The van der Waals surface area contributed by atoms with E-state index in [-0.39, 0.29) is 18.3 Å². The van der Waals surface area contributed by atoms with Crippen LogP contribution in [-0.4, -0.2) is 24.5 Å². The number of amides is 1. The summed E-state index contributed by atoms with van der Waals surface area (Å²) in [6.45, 7) is 0.926. The number of quaternary nitrogens is 1. The molecule has 4 heteroatoms. The first-order chi connectivity index (χ1) is 3.84. The number of carbonyl (C=O) groups excluding carboxylic acids is 1. The first-order valence-corrected chi connectivity index (χ1v) is 2.93. The minimum absolute atomic E-state index is 0. The van der Waals surface area contributed by atoms with Gasteiger partial charge in [0, 0.05) is 6.42 Å². The molecule has 1 fully saturated rings. The van der Waals surface area contributed by atoms with Crippen molar-refractivity contribution in [3.8, 4) is 0 Å². The van der Waals surface area contributed by atoms with E-state index in [1.165, 1.54) is 0 Å². The molecular weight excluding hydrogens is 140 g/mol. The maximum Gasteiger partial charge on any atom is 0.267 e. The Hall–Kier alpha value is -0.280. The highest BCUT2D eigenvalue weighted by atomic mass is 35.5. The number of nitrogens with two attached hydrogens (primary N) is 1. The molecule has 0 aromatic heterocycles. The summed E-state index contributed by atoms with van der Waals surface area (Å²) in [5.41, 5.74) is 1.84. The molecular formula is C5H11ClN2O. The standard InChI is InChI=1S/C5H10N2O.ClH/c1-6-7-4-2-3-5(7)8;/h6H,2-4H2,1H3;1H. The Balaban J connectivity index is 0.000000640. The van der Waals surface area contributed by atoms with Crippen molar-refractivity contribution < 1.29 is 22.6 Å². The third kappa shape index (κ3) is 1.84. The van der Waals surface area contributed by atoms with Crippen molar-refractivity contribution in [3.63, 3.8) is 0 Å². The molecule has 54 valence electrons. The second-order valence-electron chi connectivity index (χ2n) is 1.95. The topological polar surface area (TPSA) is 36.9 Å². The number of carbonyl (C=O) groups is 1. The molecule has 0 radical (unpaired) electrons. The van der Waals surface area contributed by atoms with Gasteiger partial charge in [-0.2, -0.15) is 5.01 Å². The average molecular weight is 151 g/mol. The first-order valence-electron chi connectivity index (χ1n) is 2.93. The predicted octanol–water partition coefficient (Wildman–Crippen LogP) is -4.28. The van der Waals surface area contributed by atoms with E-state index in [1.807, 2.05) is 12.5 Å². The van der Waals surface area contributed by atoms with Gasteiger partial charge in [-0.25, -0.2) is 5.43 Å². The number of hydrogen-bond acceptors (Lipinski definition) is 1. The monoisotopic (exact) mass is 150 g/mol. The third-order valence-electron chi connectivity index (χ3n) is 1.42. The highest BCUT2D eigenvalue weighted by Crippen LogP contribution is 2.01. The summed E-state index contributed by atoms with van der Waals surface area (Å²) in [4.78, 5) is 10.7. The molecule has 1 rings (SSSR count). The molecule has 1 amide bonds. The molecule has 0 atom stereocenters. The third-order valence-corrected chi connectivity index (χ3v) is 1.42. The summed E-state index contributed by atoms with van der Waals surface area (Å²) in [5.74, 6) is 0.271. The number of halogens is 1. The Morgan fingerprint density at radius 3 is 2.56 bits per heavy atom. The molecule has 0 spiro atoms. The van der Waals surface area contributed by atoms with Crippen molar-refractivity contribution in [3.05, 3.63) is 0 Å². The largest absolute Gasteiger partial charge is 1.00 e. The Morgan fingerprint density at radius 1 is 1.67 bits per heavy atom. The van der Waals surface area contributed by atoms with E-state index in [9.17, 15) is 4.79 Å². The fourth-order valence-corrected chi connectivity index (χ4v) is 0.942. The van der Waals surface area contributed by atoms with E-state index in [0.717, 1.165) is 19.4 Å². The lowest BCUT2D eigenvalue weighted by Crippen LogP contribution is -3.00. The van der Waals surface area contributed by atoms with E-state index >= 15 is 0 Å². The average Bonchev–Trinajstić information content (AvgIpc) is 2.14. The van der Waals surface area contributed by atoms with E-state index in [0.29, 0.717) is 0 Å². The quantitative estimate of drug-likeness (QED) is 0.298. The van der Waals surface area contributed by atoms with Crippen molar-refractivity contribution >= 4 is 5.91 Å². The van der Waals surface area contributed by atoms with Gasteiger partial charge in [-0.15, -0.1) is 0 Å². The van der Waals surface area contributed by atoms with Gasteiger partial charge in [0.25, 0.3) is 5.91 Å². The van der Waals surface area contributed by atoms with Gasteiger partial charge in [0.05, 0.1) is 13.6 Å². The summed E-state index contributed by atoms with van der Waals surface area (Å²) in [5, 5.41) is 1.76. The van der Waals surface area contributed by atoms with Gasteiger partial charge in [-0.1, -0.05) is 0 Å². The van der Waals surface area contributed by atoms with E-state index in [1.54, 1.807) is 5.01 Å². The van der Waals surface area contributed by atoms with E-state index in [4.69, 9.17) is 0 Å². The second kappa shape index (κ2) is 3.69. The zero-order chi connectivity index (χ0) is 5.98. The maximum atomic E-state index is 10.7. The van der Waals surface area contributed by atoms with Crippen LogP contribution < -0.4 is 17.8 Å². The highest BCUT2D eigenvalue weighted by Gasteiger charge is 2.20. The predicted molar refractivity (Wildman–Crippen MR) is 28.8 cm³/mol. The molecule has 3 nitrogen and oxygen atoms in total. The van der Waals surface area contributed by atoms with Crippen LogP contribution in [-0.2, 0) is 4.79 Å². The first kappa shape index (κ1) is 8.72. The minimum atomic E-state index is 0. The van der Waals surface area contributed by atoms with Gasteiger partial charge in [0.2, 0.25) is 0 Å². The summed E-state index contributed by atoms with van der Waals surface area (Å²) in [7, 11) is 1.89. The lowest BCUT2D eigenvalue weighted by Gasteiger charge is -2.06. The second-order valence-corrected chi connectivity index (χ2v) is 1.95. The van der Waals surface area contributed by atoms with Crippen molar-refractivity contribution in [1.29, 1.82) is 0 Å². The van der Waals surface area contributed by atoms with Crippen LogP contribution in [0.5, 0.6) is 0 Å². The zero-order valence-electron chi connectivity index (χ0n) is 5.43. The van der Waals surface area contributed by atoms with E-state index < -0.39 is 0 Å². The minimum Gasteiger partial charge on any atom is -1.00 e. The van der Waals surface area contributed by atoms with Gasteiger partial charge in [0.1, 0.15) is 0 Å². The van der Waals surface area contributed by atoms with Crippen molar-refractivity contribution in [2.45, 2.75) is 12.8 Å². The molecule has 0 aromatic carbocycles. The maximum absolute atomic E-state index is 10.7. The fraction of sp³-hybridized carbons (Fsp3) is 0.800. The summed E-state index contributed by atoms with van der Waals surface area (Å²) < 4.78 is 0. The number of rotatable bonds is 1. The molecule has 0 saturated carbocycles. The Kier molecular flexibility index (Phi) is 3.58. The molecule has 0 unspecified atom stereocenters. The van der Waals surface area contributed by atoms with Crippen LogP contribution in [0.1, 0.15) is 12.8 Å². The molecule has 9 heavy (non-hydrogen) atoms. The van der Waals surface area contributed by atoms with Gasteiger partial charge in [0.15, 0.2) is 0 Å². The molecule has 0 aromatic rings.